The lowest BCUT2D eigenvalue weighted by atomic mass is 9.63. The van der Waals surface area contributed by atoms with Crippen molar-refractivity contribution in [3.63, 3.8) is 0 Å². The van der Waals surface area contributed by atoms with E-state index in [1.807, 2.05) is 13.0 Å². The van der Waals surface area contributed by atoms with Crippen LogP contribution in [0.25, 0.3) is 0 Å². The minimum Gasteiger partial charge on any atom is -0.493 e. The first-order valence-electron chi connectivity index (χ1n) is 9.65. The summed E-state index contributed by atoms with van der Waals surface area (Å²) >= 11 is 2.18. The van der Waals surface area contributed by atoms with Crippen LogP contribution in [0.5, 0.6) is 11.5 Å². The summed E-state index contributed by atoms with van der Waals surface area (Å²) in [5.41, 5.74) is 0.754. The number of amides is 2. The highest BCUT2D eigenvalue weighted by atomic mass is 127. The molecule has 2 bridgehead atoms. The molecule has 28 heavy (non-hydrogen) atoms. The van der Waals surface area contributed by atoms with Crippen molar-refractivity contribution in [3.8, 4) is 11.5 Å². The first-order chi connectivity index (χ1) is 13.5. The van der Waals surface area contributed by atoms with Gasteiger partial charge in [0.25, 0.3) is 11.8 Å². The highest BCUT2D eigenvalue weighted by Gasteiger charge is 2.67. The Hall–Kier alpha value is -1.90. The third kappa shape index (κ3) is 2.54. The second kappa shape index (κ2) is 6.57. The molecule has 1 aromatic rings. The first kappa shape index (κ1) is 18.1. The van der Waals surface area contributed by atoms with Crippen LogP contribution in [0.1, 0.15) is 18.9 Å². The summed E-state index contributed by atoms with van der Waals surface area (Å²) in [6.45, 7) is 2.46. The summed E-state index contributed by atoms with van der Waals surface area (Å²) in [6, 6.07) is 3.70. The Kier molecular flexibility index (Phi) is 4.26. The van der Waals surface area contributed by atoms with Gasteiger partial charge in [0.15, 0.2) is 11.5 Å². The second-order valence-electron chi connectivity index (χ2n) is 7.85. The van der Waals surface area contributed by atoms with E-state index in [9.17, 15) is 9.59 Å². The highest BCUT2D eigenvalue weighted by Crippen LogP contribution is 2.65. The van der Waals surface area contributed by atoms with Gasteiger partial charge in [-0.15, -0.1) is 0 Å². The minimum atomic E-state index is -0.224. The van der Waals surface area contributed by atoms with Crippen LogP contribution in [0.15, 0.2) is 29.4 Å². The van der Waals surface area contributed by atoms with Gasteiger partial charge in [-0.3, -0.25) is 9.59 Å². The molecule has 3 fully saturated rings. The highest BCUT2D eigenvalue weighted by molar-refractivity contribution is 14.1. The zero-order chi connectivity index (χ0) is 19.6. The zero-order valence-electron chi connectivity index (χ0n) is 15.7. The Labute approximate surface area is 177 Å². The SMILES string of the molecule is CCOc1c(I)cc(/C=N\N2C(=O)[C@@H]3[C@@H]4C=C[C@H]([C@H]5C[C@H]45)[C@@H]3C2=O)cc1OC. The van der Waals surface area contributed by atoms with E-state index in [-0.39, 0.29) is 35.5 Å². The van der Waals surface area contributed by atoms with Crippen molar-refractivity contribution in [1.82, 2.24) is 5.01 Å². The van der Waals surface area contributed by atoms with Crippen LogP contribution in [0, 0.1) is 39.1 Å². The summed E-state index contributed by atoms with van der Waals surface area (Å²) in [4.78, 5) is 25.9. The number of hydrogen-bond acceptors (Lipinski definition) is 5. The number of halogens is 1. The van der Waals surface area contributed by atoms with Crippen molar-refractivity contribution in [2.75, 3.05) is 13.7 Å². The van der Waals surface area contributed by atoms with E-state index >= 15 is 0 Å². The molecule has 1 aromatic carbocycles. The van der Waals surface area contributed by atoms with Gasteiger partial charge in [-0.2, -0.15) is 10.1 Å². The molecule has 7 heteroatoms. The van der Waals surface area contributed by atoms with Gasteiger partial charge in [-0.1, -0.05) is 12.2 Å². The lowest BCUT2D eigenvalue weighted by molar-refractivity contribution is -0.140. The Bertz CT molecular complexity index is 891. The summed E-state index contributed by atoms with van der Waals surface area (Å²) in [6.07, 6.45) is 7.04. The number of nitrogens with zero attached hydrogens (tertiary/aromatic N) is 2. The fourth-order valence-corrected chi connectivity index (χ4v) is 6.06. The van der Waals surface area contributed by atoms with Gasteiger partial charge in [0, 0.05) is 0 Å². The smallest absolute Gasteiger partial charge is 0.254 e. The molecule has 4 aliphatic carbocycles. The monoisotopic (exact) mass is 492 g/mol. The lowest BCUT2D eigenvalue weighted by Gasteiger charge is -2.37. The Balaban J connectivity index is 1.41. The van der Waals surface area contributed by atoms with Crippen molar-refractivity contribution < 1.29 is 19.1 Å². The Morgan fingerprint density at radius 1 is 1.18 bits per heavy atom. The predicted octanol–water partition coefficient (Wildman–Crippen LogP) is 3.09. The van der Waals surface area contributed by atoms with Crippen LogP contribution < -0.4 is 9.47 Å². The standard InChI is InChI=1S/C21H21IN2O4/c1-3-28-19-15(22)6-10(7-16(19)27-2)9-23-24-20(25)17-11-4-5-12(14-8-13(11)14)18(17)21(24)26/h4-7,9,11-14,17-18H,3,8H2,1-2H3/b23-9-/t11-,12-,13-,14-,17-,18+/m1/s1. The maximum atomic E-state index is 13.0. The van der Waals surface area contributed by atoms with Crippen molar-refractivity contribution in [3.05, 3.63) is 33.4 Å². The fraction of sp³-hybridized carbons (Fsp3) is 0.476. The molecule has 5 aliphatic rings. The van der Waals surface area contributed by atoms with Crippen LogP contribution in [-0.4, -0.2) is 36.8 Å². The van der Waals surface area contributed by atoms with Crippen LogP contribution >= 0.6 is 22.6 Å². The number of rotatable bonds is 5. The van der Waals surface area contributed by atoms with Gasteiger partial charge < -0.3 is 9.47 Å². The second-order valence-corrected chi connectivity index (χ2v) is 9.02. The number of imide groups is 1. The van der Waals surface area contributed by atoms with E-state index in [2.05, 4.69) is 39.8 Å². The molecule has 1 saturated heterocycles. The number of hydrazone groups is 1. The molecule has 1 aliphatic heterocycles. The summed E-state index contributed by atoms with van der Waals surface area (Å²) in [7, 11) is 1.58. The van der Waals surface area contributed by atoms with Crippen molar-refractivity contribution in [2.45, 2.75) is 13.3 Å². The normalized spacial score (nSPS) is 34.8. The Morgan fingerprint density at radius 3 is 2.39 bits per heavy atom. The van der Waals surface area contributed by atoms with Gasteiger partial charge in [0.05, 0.1) is 35.3 Å². The molecule has 6 rings (SSSR count). The van der Waals surface area contributed by atoms with Gasteiger partial charge in [-0.05, 0) is 77.3 Å². The molecular weight excluding hydrogens is 471 g/mol. The molecule has 0 spiro atoms. The number of carbonyl (C=O) groups is 2. The maximum absolute atomic E-state index is 13.0. The summed E-state index contributed by atoms with van der Waals surface area (Å²) < 4.78 is 11.9. The quantitative estimate of drug-likeness (QED) is 0.274. The minimum absolute atomic E-state index is 0.149. The third-order valence-electron chi connectivity index (χ3n) is 6.50. The Morgan fingerprint density at radius 2 is 1.82 bits per heavy atom. The lowest BCUT2D eigenvalue weighted by Crippen LogP contribution is -2.40. The van der Waals surface area contributed by atoms with Gasteiger partial charge in [-0.25, -0.2) is 0 Å². The van der Waals surface area contributed by atoms with Crippen LogP contribution in [0.3, 0.4) is 0 Å². The van der Waals surface area contributed by atoms with Crippen LogP contribution in [0.2, 0.25) is 0 Å². The summed E-state index contributed by atoms with van der Waals surface area (Å²) in [5, 5.41) is 5.39. The molecule has 0 radical (unpaired) electrons. The van der Waals surface area contributed by atoms with Gasteiger partial charge in [0.1, 0.15) is 0 Å². The fourth-order valence-electron chi connectivity index (χ4n) is 5.28. The average Bonchev–Trinajstić information content (AvgIpc) is 3.47. The van der Waals surface area contributed by atoms with E-state index in [0.717, 1.165) is 20.6 Å². The van der Waals surface area contributed by atoms with Crippen molar-refractivity contribution in [2.24, 2.45) is 40.6 Å². The largest absolute Gasteiger partial charge is 0.493 e. The maximum Gasteiger partial charge on any atom is 0.254 e. The van der Waals surface area contributed by atoms with Gasteiger partial charge >= 0.3 is 0 Å². The topological polar surface area (TPSA) is 68.2 Å². The van der Waals surface area contributed by atoms with E-state index in [0.29, 0.717) is 29.9 Å². The first-order valence-corrected chi connectivity index (χ1v) is 10.7. The molecule has 6 nitrogen and oxygen atoms in total. The van der Waals surface area contributed by atoms with Crippen LogP contribution in [-0.2, 0) is 9.59 Å². The zero-order valence-corrected chi connectivity index (χ0v) is 17.8. The number of benzene rings is 1. The number of methoxy groups -OCH3 is 1. The molecule has 0 unspecified atom stereocenters. The molecule has 2 amide bonds. The predicted molar refractivity (Wildman–Crippen MR) is 111 cm³/mol. The molecule has 6 atom stereocenters. The molecule has 1 heterocycles. The average molecular weight is 492 g/mol. The number of hydrogen-bond donors (Lipinski definition) is 0. The molecule has 0 aromatic heterocycles. The van der Waals surface area contributed by atoms with Crippen LogP contribution in [0.4, 0.5) is 0 Å². The van der Waals surface area contributed by atoms with E-state index in [1.165, 1.54) is 0 Å². The summed E-state index contributed by atoms with van der Waals surface area (Å²) in [5.74, 6) is 2.15. The molecular formula is C21H21IN2O4. The number of ether oxygens (including phenoxy) is 2. The number of allylic oxidation sites excluding steroid dienone is 2. The van der Waals surface area contributed by atoms with E-state index in [1.54, 1.807) is 19.4 Å². The molecule has 2 saturated carbocycles. The molecule has 146 valence electrons. The van der Waals surface area contributed by atoms with E-state index in [4.69, 9.17) is 9.47 Å². The molecule has 0 N–H and O–H groups in total. The number of carbonyl (C=O) groups excluding carboxylic acids is 2. The van der Waals surface area contributed by atoms with Crippen molar-refractivity contribution >= 4 is 40.6 Å². The van der Waals surface area contributed by atoms with Crippen molar-refractivity contribution in [1.29, 1.82) is 0 Å². The van der Waals surface area contributed by atoms with Gasteiger partial charge in [0.2, 0.25) is 0 Å². The van der Waals surface area contributed by atoms with E-state index < -0.39 is 0 Å². The third-order valence-corrected chi connectivity index (χ3v) is 7.30.